The molecule has 0 bridgehead atoms. The summed E-state index contributed by atoms with van der Waals surface area (Å²) in [5.41, 5.74) is 1.82. The Balaban J connectivity index is 2.41. The second-order valence-corrected chi connectivity index (χ2v) is 6.25. The summed E-state index contributed by atoms with van der Waals surface area (Å²) in [4.78, 5) is 12.6. The molecule has 3 aromatic rings. The molecule has 3 rings (SSSR count). The first-order valence-electron chi connectivity index (χ1n) is 6.51. The van der Waals surface area contributed by atoms with Crippen LogP contribution in [-0.4, -0.2) is 0 Å². The molecule has 0 fully saturated rings. The van der Waals surface area contributed by atoms with Gasteiger partial charge in [0.1, 0.15) is 0 Å². The Morgan fingerprint density at radius 3 is 2.55 bits per heavy atom. The maximum absolute atomic E-state index is 12.6. The van der Waals surface area contributed by atoms with Gasteiger partial charge in [0.15, 0.2) is 5.43 Å². The van der Waals surface area contributed by atoms with E-state index in [1.54, 1.807) is 29.5 Å². The number of fused-ring (bicyclic) bond motifs is 2. The summed E-state index contributed by atoms with van der Waals surface area (Å²) in [6, 6.07) is 13.4. The topological polar surface area (TPSA) is 40.9 Å². The first-order valence-corrected chi connectivity index (χ1v) is 7.32. The molecule has 0 aliphatic heterocycles. The number of nitriles is 1. The number of nitrogens with zero attached hydrogens (tertiary/aromatic N) is 1. The van der Waals surface area contributed by atoms with Gasteiger partial charge in [-0.05, 0) is 41.8 Å². The lowest BCUT2D eigenvalue weighted by Gasteiger charge is -2.07. The number of benzene rings is 2. The lowest BCUT2D eigenvalue weighted by Crippen LogP contribution is -2.02. The zero-order chi connectivity index (χ0) is 14.3. The summed E-state index contributed by atoms with van der Waals surface area (Å²) in [5.74, 6) is 0.403. The fraction of sp³-hybridized carbons (Fsp3) is 0.176. The van der Waals surface area contributed by atoms with Crippen LogP contribution in [-0.2, 0) is 0 Å². The first kappa shape index (κ1) is 12.8. The highest BCUT2D eigenvalue weighted by Gasteiger charge is 2.08. The quantitative estimate of drug-likeness (QED) is 0.619. The molecule has 0 aliphatic rings. The lowest BCUT2D eigenvalue weighted by atomic mass is 10.0. The normalized spacial score (nSPS) is 11.1. The van der Waals surface area contributed by atoms with Crippen molar-refractivity contribution in [2.75, 3.05) is 0 Å². The minimum atomic E-state index is 0.0562. The molecular formula is C17H13NOS. The van der Waals surface area contributed by atoms with E-state index in [9.17, 15) is 4.79 Å². The van der Waals surface area contributed by atoms with Crippen LogP contribution in [0.4, 0.5) is 0 Å². The molecule has 1 heterocycles. The van der Waals surface area contributed by atoms with E-state index >= 15 is 0 Å². The number of rotatable bonds is 1. The van der Waals surface area contributed by atoms with E-state index in [-0.39, 0.29) is 5.43 Å². The summed E-state index contributed by atoms with van der Waals surface area (Å²) in [6.45, 7) is 4.24. The van der Waals surface area contributed by atoms with Gasteiger partial charge in [-0.25, -0.2) is 0 Å². The molecule has 0 spiro atoms. The van der Waals surface area contributed by atoms with Crippen LogP contribution in [0.25, 0.3) is 20.2 Å². The van der Waals surface area contributed by atoms with Crippen molar-refractivity contribution < 1.29 is 0 Å². The van der Waals surface area contributed by atoms with E-state index in [0.29, 0.717) is 16.9 Å². The maximum Gasteiger partial charge on any atom is 0.195 e. The molecule has 2 nitrogen and oxygen atoms in total. The smallest absolute Gasteiger partial charge is 0.195 e. The monoisotopic (exact) mass is 279 g/mol. The Morgan fingerprint density at radius 1 is 1.05 bits per heavy atom. The summed E-state index contributed by atoms with van der Waals surface area (Å²) in [6.07, 6.45) is 0. The van der Waals surface area contributed by atoms with Crippen LogP contribution in [0.5, 0.6) is 0 Å². The third-order valence-electron chi connectivity index (χ3n) is 3.49. The van der Waals surface area contributed by atoms with Crippen LogP contribution in [0.2, 0.25) is 0 Å². The van der Waals surface area contributed by atoms with Crippen LogP contribution in [0, 0.1) is 11.3 Å². The third kappa shape index (κ3) is 1.99. The van der Waals surface area contributed by atoms with Gasteiger partial charge in [-0.3, -0.25) is 4.79 Å². The molecular weight excluding hydrogens is 266 g/mol. The van der Waals surface area contributed by atoms with Crippen molar-refractivity contribution in [2.24, 2.45) is 0 Å². The van der Waals surface area contributed by atoms with Gasteiger partial charge in [-0.15, -0.1) is 11.3 Å². The molecule has 0 saturated carbocycles. The molecule has 0 N–H and O–H groups in total. The van der Waals surface area contributed by atoms with Crippen molar-refractivity contribution in [3.8, 4) is 6.07 Å². The van der Waals surface area contributed by atoms with Crippen molar-refractivity contribution >= 4 is 31.5 Å². The molecule has 1 aromatic heterocycles. The number of hydrogen-bond donors (Lipinski definition) is 0. The second-order valence-electron chi connectivity index (χ2n) is 5.16. The van der Waals surface area contributed by atoms with E-state index < -0.39 is 0 Å². The predicted molar refractivity (Wildman–Crippen MR) is 84.4 cm³/mol. The zero-order valence-corrected chi connectivity index (χ0v) is 12.1. The Morgan fingerprint density at radius 2 is 1.85 bits per heavy atom. The summed E-state index contributed by atoms with van der Waals surface area (Å²) in [5, 5.41) is 10.4. The predicted octanol–water partition coefficient (Wildman–Crippen LogP) is 4.41. The van der Waals surface area contributed by atoms with Crippen LogP contribution in [0.15, 0.2) is 41.2 Å². The number of hydrogen-bond acceptors (Lipinski definition) is 3. The molecule has 20 heavy (non-hydrogen) atoms. The van der Waals surface area contributed by atoms with Gasteiger partial charge in [0, 0.05) is 20.2 Å². The average molecular weight is 279 g/mol. The van der Waals surface area contributed by atoms with E-state index in [1.807, 2.05) is 12.1 Å². The van der Waals surface area contributed by atoms with Crippen molar-refractivity contribution in [2.45, 2.75) is 19.8 Å². The highest BCUT2D eigenvalue weighted by molar-refractivity contribution is 7.24. The SMILES string of the molecule is CC(C)c1ccc2sc3cc(C#N)ccc3c(=O)c2c1. The standard InChI is InChI=1S/C17H13NOS/c1-10(2)12-4-6-15-14(8-12)17(19)13-5-3-11(9-18)7-16(13)20-15/h3-8,10H,1-2H3. The summed E-state index contributed by atoms with van der Waals surface area (Å²) in [7, 11) is 0. The van der Waals surface area contributed by atoms with E-state index in [1.165, 1.54) is 5.56 Å². The molecule has 0 saturated heterocycles. The van der Waals surface area contributed by atoms with E-state index in [0.717, 1.165) is 14.8 Å². The van der Waals surface area contributed by atoms with Crippen LogP contribution in [0.3, 0.4) is 0 Å². The van der Waals surface area contributed by atoms with Crippen molar-refractivity contribution in [1.82, 2.24) is 0 Å². The molecule has 2 aromatic carbocycles. The molecule has 0 aliphatic carbocycles. The zero-order valence-electron chi connectivity index (χ0n) is 11.3. The maximum atomic E-state index is 12.6. The molecule has 0 unspecified atom stereocenters. The Hall–Kier alpha value is -2.18. The molecule has 0 amide bonds. The lowest BCUT2D eigenvalue weighted by molar-refractivity contribution is 0.869. The Bertz CT molecular complexity index is 916. The summed E-state index contributed by atoms with van der Waals surface area (Å²) >= 11 is 1.56. The van der Waals surface area contributed by atoms with Gasteiger partial charge >= 0.3 is 0 Å². The van der Waals surface area contributed by atoms with Gasteiger partial charge in [-0.2, -0.15) is 5.26 Å². The molecule has 3 heteroatoms. The first-order chi connectivity index (χ1) is 9.60. The van der Waals surface area contributed by atoms with Crippen LogP contribution >= 0.6 is 11.3 Å². The van der Waals surface area contributed by atoms with Crippen molar-refractivity contribution in [3.63, 3.8) is 0 Å². The summed E-state index contributed by atoms with van der Waals surface area (Å²) < 4.78 is 1.85. The van der Waals surface area contributed by atoms with Gasteiger partial charge in [0.2, 0.25) is 0 Å². The highest BCUT2D eigenvalue weighted by atomic mass is 32.1. The largest absolute Gasteiger partial charge is 0.289 e. The fourth-order valence-electron chi connectivity index (χ4n) is 2.30. The molecule has 0 radical (unpaired) electrons. The Labute approximate surface area is 120 Å². The van der Waals surface area contributed by atoms with Crippen LogP contribution < -0.4 is 5.43 Å². The van der Waals surface area contributed by atoms with Crippen LogP contribution in [0.1, 0.15) is 30.9 Å². The minimum absolute atomic E-state index is 0.0562. The van der Waals surface area contributed by atoms with E-state index in [2.05, 4.69) is 26.0 Å². The molecule has 98 valence electrons. The third-order valence-corrected chi connectivity index (χ3v) is 4.62. The van der Waals surface area contributed by atoms with Gasteiger partial charge in [-0.1, -0.05) is 19.9 Å². The minimum Gasteiger partial charge on any atom is -0.289 e. The van der Waals surface area contributed by atoms with Gasteiger partial charge in [0.05, 0.1) is 11.6 Å². The van der Waals surface area contributed by atoms with Gasteiger partial charge in [0.25, 0.3) is 0 Å². The fourth-order valence-corrected chi connectivity index (χ4v) is 3.39. The van der Waals surface area contributed by atoms with Gasteiger partial charge < -0.3 is 0 Å². The van der Waals surface area contributed by atoms with Crippen molar-refractivity contribution in [1.29, 1.82) is 5.26 Å². The Kier molecular flexibility index (Phi) is 3.04. The van der Waals surface area contributed by atoms with Crippen molar-refractivity contribution in [3.05, 3.63) is 57.7 Å². The molecule has 0 atom stereocenters. The van der Waals surface area contributed by atoms with E-state index in [4.69, 9.17) is 5.26 Å². The highest BCUT2D eigenvalue weighted by Crippen LogP contribution is 2.27. The second kappa shape index (κ2) is 4.73. The average Bonchev–Trinajstić information content (AvgIpc) is 2.46.